The second-order valence-corrected chi connectivity index (χ2v) is 1.95. The summed E-state index contributed by atoms with van der Waals surface area (Å²) in [5, 5.41) is 9.11. The number of hydrogen-bond donors (Lipinski definition) is 2. The van der Waals surface area contributed by atoms with E-state index in [0.717, 1.165) is 0 Å². The largest absolute Gasteiger partial charge is 0.504 e. The summed E-state index contributed by atoms with van der Waals surface area (Å²) in [6, 6.07) is 4.48. The summed E-state index contributed by atoms with van der Waals surface area (Å²) in [7, 11) is 1.45. The van der Waals surface area contributed by atoms with Gasteiger partial charge in [-0.1, -0.05) is 0 Å². The molecule has 0 aliphatic carbocycles. The van der Waals surface area contributed by atoms with Crippen molar-refractivity contribution in [2.24, 2.45) is 5.90 Å². The fourth-order valence-corrected chi connectivity index (χ4v) is 0.731. The van der Waals surface area contributed by atoms with Gasteiger partial charge < -0.3 is 14.7 Å². The molecule has 0 aliphatic rings. The van der Waals surface area contributed by atoms with Crippen LogP contribution in [0.5, 0.6) is 17.2 Å². The van der Waals surface area contributed by atoms with Crippen molar-refractivity contribution >= 4 is 0 Å². The van der Waals surface area contributed by atoms with E-state index in [-0.39, 0.29) is 5.75 Å². The number of ether oxygens (including phenoxy) is 1. The van der Waals surface area contributed by atoms with Gasteiger partial charge in [0.15, 0.2) is 17.2 Å². The van der Waals surface area contributed by atoms with Crippen LogP contribution in [0, 0.1) is 0 Å². The van der Waals surface area contributed by atoms with Crippen molar-refractivity contribution in [2.45, 2.75) is 0 Å². The zero-order valence-electron chi connectivity index (χ0n) is 6.07. The average Bonchev–Trinajstić information content (AvgIpc) is 2.05. The van der Waals surface area contributed by atoms with Crippen LogP contribution in [0.4, 0.5) is 0 Å². The van der Waals surface area contributed by atoms with Gasteiger partial charge in [0.1, 0.15) is 0 Å². The SMILES string of the molecule is COc1cc(ON)ccc1O. The van der Waals surface area contributed by atoms with Gasteiger partial charge in [0.05, 0.1) is 7.11 Å². The maximum atomic E-state index is 9.11. The third-order valence-corrected chi connectivity index (χ3v) is 1.29. The van der Waals surface area contributed by atoms with E-state index in [2.05, 4.69) is 4.84 Å². The molecule has 1 aromatic rings. The van der Waals surface area contributed by atoms with Crippen molar-refractivity contribution in [3.8, 4) is 17.2 Å². The van der Waals surface area contributed by atoms with Gasteiger partial charge in [-0.3, -0.25) is 0 Å². The predicted molar refractivity (Wildman–Crippen MR) is 39.5 cm³/mol. The molecule has 1 rings (SSSR count). The predicted octanol–water partition coefficient (Wildman–Crippen LogP) is 0.653. The van der Waals surface area contributed by atoms with Gasteiger partial charge in [-0.15, -0.1) is 0 Å². The van der Waals surface area contributed by atoms with E-state index >= 15 is 0 Å². The summed E-state index contributed by atoms with van der Waals surface area (Å²) in [5.74, 6) is 5.73. The molecule has 0 fully saturated rings. The third-order valence-electron chi connectivity index (χ3n) is 1.29. The van der Waals surface area contributed by atoms with Gasteiger partial charge in [-0.2, -0.15) is 5.90 Å². The molecule has 3 N–H and O–H groups in total. The monoisotopic (exact) mass is 155 g/mol. The van der Waals surface area contributed by atoms with Gasteiger partial charge in [-0.05, 0) is 12.1 Å². The van der Waals surface area contributed by atoms with Crippen LogP contribution in [0.2, 0.25) is 0 Å². The molecule has 0 saturated carbocycles. The van der Waals surface area contributed by atoms with Gasteiger partial charge in [0.2, 0.25) is 0 Å². The highest BCUT2D eigenvalue weighted by Gasteiger charge is 2.01. The summed E-state index contributed by atoms with van der Waals surface area (Å²) in [6.07, 6.45) is 0. The molecule has 0 saturated heterocycles. The first kappa shape index (κ1) is 7.68. The summed E-state index contributed by atoms with van der Waals surface area (Å²) in [4.78, 5) is 4.42. The molecule has 0 aromatic heterocycles. The van der Waals surface area contributed by atoms with E-state index in [0.29, 0.717) is 11.5 Å². The van der Waals surface area contributed by atoms with E-state index in [4.69, 9.17) is 15.7 Å². The maximum Gasteiger partial charge on any atom is 0.164 e. The Hall–Kier alpha value is -1.42. The van der Waals surface area contributed by atoms with Crippen LogP contribution in [0.15, 0.2) is 18.2 Å². The van der Waals surface area contributed by atoms with Crippen LogP contribution in [-0.4, -0.2) is 12.2 Å². The quantitative estimate of drug-likeness (QED) is 0.615. The Bertz CT molecular complexity index is 249. The molecular weight excluding hydrogens is 146 g/mol. The van der Waals surface area contributed by atoms with Crippen molar-refractivity contribution in [1.82, 2.24) is 0 Å². The minimum atomic E-state index is 0.0632. The Morgan fingerprint density at radius 2 is 2.18 bits per heavy atom. The average molecular weight is 155 g/mol. The zero-order valence-corrected chi connectivity index (χ0v) is 6.07. The summed E-state index contributed by atoms with van der Waals surface area (Å²) in [6.45, 7) is 0. The highest BCUT2D eigenvalue weighted by atomic mass is 16.6. The lowest BCUT2D eigenvalue weighted by Gasteiger charge is -2.03. The fourth-order valence-electron chi connectivity index (χ4n) is 0.731. The minimum Gasteiger partial charge on any atom is -0.504 e. The lowest BCUT2D eigenvalue weighted by Crippen LogP contribution is -2.01. The van der Waals surface area contributed by atoms with Crippen molar-refractivity contribution in [3.05, 3.63) is 18.2 Å². The number of nitrogens with two attached hydrogens (primary N) is 1. The van der Waals surface area contributed by atoms with Gasteiger partial charge >= 0.3 is 0 Å². The number of benzene rings is 1. The zero-order chi connectivity index (χ0) is 8.27. The first-order chi connectivity index (χ1) is 5.27. The van der Waals surface area contributed by atoms with Crippen LogP contribution in [0.3, 0.4) is 0 Å². The van der Waals surface area contributed by atoms with Crippen LogP contribution < -0.4 is 15.5 Å². The molecule has 11 heavy (non-hydrogen) atoms. The number of hydrogen-bond acceptors (Lipinski definition) is 4. The molecule has 0 bridgehead atoms. The Kier molecular flexibility index (Phi) is 2.18. The molecule has 0 spiro atoms. The Morgan fingerprint density at radius 3 is 2.73 bits per heavy atom. The first-order valence-electron chi connectivity index (χ1n) is 3.01. The molecule has 0 aliphatic heterocycles. The number of phenolic OH excluding ortho intramolecular Hbond substituents is 1. The molecular formula is C7H9NO3. The second kappa shape index (κ2) is 3.12. The van der Waals surface area contributed by atoms with Crippen LogP contribution in [-0.2, 0) is 0 Å². The third kappa shape index (κ3) is 1.53. The van der Waals surface area contributed by atoms with Gasteiger partial charge in [0, 0.05) is 6.07 Å². The Labute approximate surface area is 64.1 Å². The second-order valence-electron chi connectivity index (χ2n) is 1.95. The highest BCUT2D eigenvalue weighted by molar-refractivity contribution is 5.44. The van der Waals surface area contributed by atoms with E-state index in [1.165, 1.54) is 25.3 Å². The van der Waals surface area contributed by atoms with Gasteiger partial charge in [0.25, 0.3) is 0 Å². The highest BCUT2D eigenvalue weighted by Crippen LogP contribution is 2.28. The van der Waals surface area contributed by atoms with Crippen molar-refractivity contribution < 1.29 is 14.7 Å². The maximum absolute atomic E-state index is 9.11. The molecule has 4 heteroatoms. The molecule has 0 amide bonds. The number of aromatic hydroxyl groups is 1. The summed E-state index contributed by atoms with van der Waals surface area (Å²) in [5.41, 5.74) is 0. The van der Waals surface area contributed by atoms with Crippen molar-refractivity contribution in [1.29, 1.82) is 0 Å². The standard InChI is InChI=1S/C7H9NO3/c1-10-7-4-5(11-8)2-3-6(7)9/h2-4,9H,8H2,1H3. The van der Waals surface area contributed by atoms with Crippen LogP contribution >= 0.6 is 0 Å². The van der Waals surface area contributed by atoms with Crippen molar-refractivity contribution in [2.75, 3.05) is 7.11 Å². The molecule has 0 unspecified atom stereocenters. The first-order valence-corrected chi connectivity index (χ1v) is 3.01. The smallest absolute Gasteiger partial charge is 0.164 e. The van der Waals surface area contributed by atoms with E-state index in [9.17, 15) is 0 Å². The normalized spacial score (nSPS) is 9.27. The molecule has 1 aromatic carbocycles. The van der Waals surface area contributed by atoms with E-state index < -0.39 is 0 Å². The number of rotatable bonds is 2. The number of phenols is 1. The molecule has 4 nitrogen and oxygen atoms in total. The molecule has 0 radical (unpaired) electrons. The van der Waals surface area contributed by atoms with E-state index in [1.54, 1.807) is 0 Å². The fraction of sp³-hybridized carbons (Fsp3) is 0.143. The molecule has 0 atom stereocenters. The minimum absolute atomic E-state index is 0.0632. The Balaban J connectivity index is 3.02. The lowest BCUT2D eigenvalue weighted by atomic mass is 10.3. The summed E-state index contributed by atoms with van der Waals surface area (Å²) < 4.78 is 4.80. The number of methoxy groups -OCH3 is 1. The topological polar surface area (TPSA) is 64.7 Å². The molecule has 60 valence electrons. The Morgan fingerprint density at radius 1 is 1.45 bits per heavy atom. The lowest BCUT2D eigenvalue weighted by molar-refractivity contribution is 0.326. The van der Waals surface area contributed by atoms with Crippen molar-refractivity contribution in [3.63, 3.8) is 0 Å². The molecule has 0 heterocycles. The van der Waals surface area contributed by atoms with Crippen LogP contribution in [0.25, 0.3) is 0 Å². The van der Waals surface area contributed by atoms with Crippen LogP contribution in [0.1, 0.15) is 0 Å². The van der Waals surface area contributed by atoms with E-state index in [1.807, 2.05) is 0 Å². The van der Waals surface area contributed by atoms with Gasteiger partial charge in [-0.25, -0.2) is 0 Å². The summed E-state index contributed by atoms with van der Waals surface area (Å²) >= 11 is 0.